The van der Waals surface area contributed by atoms with Gasteiger partial charge in [0.1, 0.15) is 0 Å². The van der Waals surface area contributed by atoms with Gasteiger partial charge in [-0.1, -0.05) is 13.0 Å². The Morgan fingerprint density at radius 2 is 2.16 bits per heavy atom. The molecule has 1 N–H and O–H groups in total. The van der Waals surface area contributed by atoms with E-state index in [1.807, 2.05) is 6.92 Å². The van der Waals surface area contributed by atoms with Gasteiger partial charge in [0.25, 0.3) is 0 Å². The maximum atomic E-state index is 12.0. The first-order chi connectivity index (χ1) is 8.94. The van der Waals surface area contributed by atoms with Crippen LogP contribution in [0.4, 0.5) is 0 Å². The van der Waals surface area contributed by atoms with Crippen molar-refractivity contribution < 1.29 is 18.3 Å². The molecule has 1 aromatic rings. The maximum Gasteiger partial charge on any atom is 0.303 e. The molecule has 0 bridgehead atoms. The number of aryl methyl sites for hydroxylation is 1. The van der Waals surface area contributed by atoms with Crippen LogP contribution in [0.5, 0.6) is 0 Å². The van der Waals surface area contributed by atoms with Gasteiger partial charge < -0.3 is 5.11 Å². The number of hydrogen-bond donors (Lipinski definition) is 1. The predicted molar refractivity (Wildman–Crippen MR) is 72.1 cm³/mol. The molecule has 0 saturated heterocycles. The second-order valence-corrected chi connectivity index (χ2v) is 7.12. The van der Waals surface area contributed by atoms with Crippen LogP contribution < -0.4 is 0 Å². The van der Waals surface area contributed by atoms with E-state index >= 15 is 0 Å². The first-order valence-corrected chi connectivity index (χ1v) is 8.16. The van der Waals surface area contributed by atoms with Gasteiger partial charge in [0.2, 0.25) is 0 Å². The summed E-state index contributed by atoms with van der Waals surface area (Å²) in [5, 5.41) is 8.86. The molecule has 4 nitrogen and oxygen atoms in total. The highest BCUT2D eigenvalue weighted by Crippen LogP contribution is 2.36. The molecule has 0 spiro atoms. The van der Waals surface area contributed by atoms with Crippen molar-refractivity contribution in [2.75, 3.05) is 5.75 Å². The minimum Gasteiger partial charge on any atom is -0.481 e. The van der Waals surface area contributed by atoms with Crippen molar-refractivity contribution in [1.29, 1.82) is 0 Å². The lowest BCUT2D eigenvalue weighted by atomic mass is 9.98. The molecule has 5 heteroatoms. The third-order valence-electron chi connectivity index (χ3n) is 3.57. The second-order valence-electron chi connectivity index (χ2n) is 5.01. The molecule has 0 heterocycles. The highest BCUT2D eigenvalue weighted by Gasteiger charge is 2.26. The average molecular weight is 282 g/mol. The first-order valence-electron chi connectivity index (χ1n) is 6.51. The zero-order valence-corrected chi connectivity index (χ0v) is 11.7. The normalized spacial score (nSPS) is 18.3. The molecule has 0 saturated carbocycles. The van der Waals surface area contributed by atoms with E-state index < -0.39 is 15.8 Å². The number of carboxylic acid groups (broad SMARTS) is 1. The van der Waals surface area contributed by atoms with Crippen LogP contribution in [-0.4, -0.2) is 25.2 Å². The summed E-state index contributed by atoms with van der Waals surface area (Å²) < 4.78 is 24.0. The molecule has 0 aliphatic heterocycles. The Morgan fingerprint density at radius 3 is 2.79 bits per heavy atom. The minimum absolute atomic E-state index is 0.0235. The fourth-order valence-electron chi connectivity index (χ4n) is 2.68. The molecule has 0 radical (unpaired) electrons. The summed E-state index contributed by atoms with van der Waals surface area (Å²) in [6.07, 6.45) is 2.27. The number of rotatable bonds is 5. The lowest BCUT2D eigenvalue weighted by Crippen LogP contribution is -2.07. The third-order valence-corrected chi connectivity index (χ3v) is 5.49. The van der Waals surface area contributed by atoms with Gasteiger partial charge in [0, 0.05) is 0 Å². The Labute approximate surface area is 113 Å². The largest absolute Gasteiger partial charge is 0.481 e. The summed E-state index contributed by atoms with van der Waals surface area (Å²) >= 11 is 0. The molecule has 104 valence electrons. The van der Waals surface area contributed by atoms with Gasteiger partial charge in [-0.3, -0.25) is 4.79 Å². The summed E-state index contributed by atoms with van der Waals surface area (Å²) in [5.74, 6) is -0.624. The number of carbonyl (C=O) groups is 1. The van der Waals surface area contributed by atoms with E-state index in [1.54, 1.807) is 18.2 Å². The molecule has 19 heavy (non-hydrogen) atoms. The van der Waals surface area contributed by atoms with Crippen LogP contribution in [0.2, 0.25) is 0 Å². The van der Waals surface area contributed by atoms with E-state index in [0.717, 1.165) is 24.0 Å². The molecule has 0 aromatic heterocycles. The summed E-state index contributed by atoms with van der Waals surface area (Å²) in [7, 11) is -3.19. The van der Waals surface area contributed by atoms with E-state index in [0.29, 0.717) is 11.3 Å². The smallest absolute Gasteiger partial charge is 0.303 e. The number of carboxylic acids is 1. The first kappa shape index (κ1) is 14.1. The van der Waals surface area contributed by atoms with Crippen LogP contribution in [0.25, 0.3) is 0 Å². The van der Waals surface area contributed by atoms with E-state index in [-0.39, 0.29) is 18.1 Å². The van der Waals surface area contributed by atoms with E-state index in [4.69, 9.17) is 5.11 Å². The maximum absolute atomic E-state index is 12.0. The second kappa shape index (κ2) is 5.33. The van der Waals surface area contributed by atoms with Crippen LogP contribution in [0, 0.1) is 0 Å². The van der Waals surface area contributed by atoms with E-state index in [1.165, 1.54) is 0 Å². The van der Waals surface area contributed by atoms with Gasteiger partial charge in [-0.05, 0) is 48.4 Å². The summed E-state index contributed by atoms with van der Waals surface area (Å²) in [5.41, 5.74) is 1.99. The number of aliphatic carboxylic acids is 1. The summed E-state index contributed by atoms with van der Waals surface area (Å²) in [6.45, 7) is 1.84. The van der Waals surface area contributed by atoms with Crippen molar-refractivity contribution in [1.82, 2.24) is 0 Å². The monoisotopic (exact) mass is 282 g/mol. The van der Waals surface area contributed by atoms with Crippen molar-refractivity contribution in [3.63, 3.8) is 0 Å². The van der Waals surface area contributed by atoms with Crippen molar-refractivity contribution in [2.45, 2.75) is 43.4 Å². The third kappa shape index (κ3) is 2.97. The van der Waals surface area contributed by atoms with Gasteiger partial charge in [-0.2, -0.15) is 0 Å². The highest BCUT2D eigenvalue weighted by molar-refractivity contribution is 7.91. The molecule has 1 aliphatic rings. The van der Waals surface area contributed by atoms with Crippen LogP contribution in [0.3, 0.4) is 0 Å². The van der Waals surface area contributed by atoms with Gasteiger partial charge in [0.15, 0.2) is 9.84 Å². The molecular weight excluding hydrogens is 264 g/mol. The number of fused-ring (bicyclic) bond motifs is 1. The molecular formula is C14H18O4S. The molecule has 2 rings (SSSR count). The van der Waals surface area contributed by atoms with Crippen molar-refractivity contribution in [3.8, 4) is 0 Å². The highest BCUT2D eigenvalue weighted by atomic mass is 32.2. The standard InChI is InChI=1S/C14H18O4S/c1-2-7-19(17,18)12-5-6-13-10(8-12)3-4-11(13)9-14(15)16/h5-6,8,11H,2-4,7,9H2,1H3,(H,15,16). The molecule has 1 atom stereocenters. The Balaban J connectivity index is 2.30. The Kier molecular flexibility index (Phi) is 3.94. The van der Waals surface area contributed by atoms with E-state index in [9.17, 15) is 13.2 Å². The van der Waals surface area contributed by atoms with Crippen molar-refractivity contribution >= 4 is 15.8 Å². The molecule has 0 amide bonds. The van der Waals surface area contributed by atoms with E-state index in [2.05, 4.69) is 0 Å². The fourth-order valence-corrected chi connectivity index (χ4v) is 4.06. The average Bonchev–Trinajstić information content (AvgIpc) is 2.71. The Morgan fingerprint density at radius 1 is 1.42 bits per heavy atom. The topological polar surface area (TPSA) is 71.4 Å². The van der Waals surface area contributed by atoms with Crippen molar-refractivity contribution in [2.24, 2.45) is 0 Å². The molecule has 1 aliphatic carbocycles. The quantitative estimate of drug-likeness (QED) is 0.900. The molecule has 1 aromatic carbocycles. The lowest BCUT2D eigenvalue weighted by molar-refractivity contribution is -0.137. The van der Waals surface area contributed by atoms with Gasteiger partial charge in [0.05, 0.1) is 17.1 Å². The van der Waals surface area contributed by atoms with Crippen LogP contribution in [-0.2, 0) is 21.1 Å². The summed E-state index contributed by atoms with van der Waals surface area (Å²) in [6, 6.07) is 5.13. The van der Waals surface area contributed by atoms with Crippen molar-refractivity contribution in [3.05, 3.63) is 29.3 Å². The number of hydrogen-bond acceptors (Lipinski definition) is 3. The fraction of sp³-hybridized carbons (Fsp3) is 0.500. The zero-order valence-electron chi connectivity index (χ0n) is 10.9. The van der Waals surface area contributed by atoms with Gasteiger partial charge in [-0.15, -0.1) is 0 Å². The minimum atomic E-state index is -3.19. The van der Waals surface area contributed by atoms with Gasteiger partial charge >= 0.3 is 5.97 Å². The van der Waals surface area contributed by atoms with Crippen LogP contribution in [0.15, 0.2) is 23.1 Å². The number of benzene rings is 1. The molecule has 1 unspecified atom stereocenters. The Bertz CT molecular complexity index is 589. The predicted octanol–water partition coefficient (Wildman–Crippen LogP) is 2.37. The van der Waals surface area contributed by atoms with Crippen LogP contribution >= 0.6 is 0 Å². The zero-order chi connectivity index (χ0) is 14.0. The molecule has 0 fully saturated rings. The van der Waals surface area contributed by atoms with Gasteiger partial charge in [-0.25, -0.2) is 8.42 Å². The Hall–Kier alpha value is -1.36. The number of sulfone groups is 1. The SMILES string of the molecule is CCCS(=O)(=O)c1ccc2c(c1)CCC2CC(=O)O. The lowest BCUT2D eigenvalue weighted by Gasteiger charge is -2.10. The van der Waals surface area contributed by atoms with Crippen LogP contribution in [0.1, 0.15) is 43.2 Å². The summed E-state index contributed by atoms with van der Waals surface area (Å²) in [4.78, 5) is 11.1.